The van der Waals surface area contributed by atoms with Crippen LogP contribution < -0.4 is 5.32 Å². The van der Waals surface area contributed by atoms with E-state index in [0.717, 1.165) is 25.1 Å². The maximum Gasteiger partial charge on any atom is 0.123 e. The predicted molar refractivity (Wildman–Crippen MR) is 78.3 cm³/mol. The molecule has 1 aliphatic carbocycles. The van der Waals surface area contributed by atoms with Crippen molar-refractivity contribution in [3.05, 3.63) is 35.1 Å². The second kappa shape index (κ2) is 5.12. The minimum Gasteiger partial charge on any atom is -0.377 e. The molecular formula is C17H24FNO. The quantitative estimate of drug-likeness (QED) is 0.913. The second-order valence-corrected chi connectivity index (χ2v) is 6.82. The molecule has 20 heavy (non-hydrogen) atoms. The first-order valence-corrected chi connectivity index (χ1v) is 7.60. The summed E-state index contributed by atoms with van der Waals surface area (Å²) in [6.45, 7) is 8.42. The van der Waals surface area contributed by atoms with E-state index >= 15 is 0 Å². The van der Waals surface area contributed by atoms with E-state index in [-0.39, 0.29) is 11.2 Å². The highest BCUT2D eigenvalue weighted by atomic mass is 19.1. The summed E-state index contributed by atoms with van der Waals surface area (Å²) < 4.78 is 18.9. The van der Waals surface area contributed by atoms with E-state index in [4.69, 9.17) is 4.74 Å². The molecule has 1 N–H and O–H groups in total. The largest absolute Gasteiger partial charge is 0.377 e. The van der Waals surface area contributed by atoms with Crippen LogP contribution in [0.15, 0.2) is 18.2 Å². The minimum atomic E-state index is -0.148. The van der Waals surface area contributed by atoms with Gasteiger partial charge in [-0.2, -0.15) is 0 Å². The van der Waals surface area contributed by atoms with Gasteiger partial charge in [0, 0.05) is 24.0 Å². The summed E-state index contributed by atoms with van der Waals surface area (Å²) in [5.74, 6) is 0.532. The number of fused-ring (bicyclic) bond motifs is 1. The molecule has 3 atom stereocenters. The number of hydrogen-bond acceptors (Lipinski definition) is 2. The van der Waals surface area contributed by atoms with Gasteiger partial charge in [-0.05, 0) is 49.6 Å². The predicted octanol–water partition coefficient (Wildman–Crippen LogP) is 3.08. The number of rotatable bonds is 4. The zero-order valence-electron chi connectivity index (χ0n) is 12.6. The molecular weight excluding hydrogens is 253 g/mol. The van der Waals surface area contributed by atoms with Gasteiger partial charge in [-0.1, -0.05) is 19.9 Å². The van der Waals surface area contributed by atoms with Crippen LogP contribution in [0.5, 0.6) is 0 Å². The van der Waals surface area contributed by atoms with Gasteiger partial charge in [0.1, 0.15) is 5.82 Å². The molecule has 3 heteroatoms. The maximum atomic E-state index is 13.1. The molecule has 0 aromatic heterocycles. The summed E-state index contributed by atoms with van der Waals surface area (Å²) >= 11 is 0. The van der Waals surface area contributed by atoms with Gasteiger partial charge in [-0.25, -0.2) is 4.39 Å². The van der Waals surface area contributed by atoms with Crippen molar-refractivity contribution in [2.75, 3.05) is 13.2 Å². The van der Waals surface area contributed by atoms with Crippen LogP contribution in [0.3, 0.4) is 0 Å². The van der Waals surface area contributed by atoms with Gasteiger partial charge >= 0.3 is 0 Å². The second-order valence-electron chi connectivity index (χ2n) is 6.82. The van der Waals surface area contributed by atoms with Crippen molar-refractivity contribution in [2.45, 2.75) is 45.8 Å². The number of hydrogen-bond donors (Lipinski definition) is 1. The Hall–Kier alpha value is -0.930. The van der Waals surface area contributed by atoms with Gasteiger partial charge in [0.2, 0.25) is 0 Å². The fourth-order valence-electron chi connectivity index (χ4n) is 4.04. The normalized spacial score (nSPS) is 30.9. The van der Waals surface area contributed by atoms with Gasteiger partial charge in [-0.3, -0.25) is 0 Å². The van der Waals surface area contributed by atoms with Gasteiger partial charge < -0.3 is 10.1 Å². The molecule has 2 aliphatic rings. The fraction of sp³-hybridized carbons (Fsp3) is 0.647. The average molecular weight is 277 g/mol. The van der Waals surface area contributed by atoms with Crippen LogP contribution in [0.2, 0.25) is 0 Å². The molecule has 0 amide bonds. The van der Waals surface area contributed by atoms with Gasteiger partial charge in [0.05, 0.1) is 6.10 Å². The third kappa shape index (κ3) is 2.27. The topological polar surface area (TPSA) is 21.3 Å². The molecule has 1 aromatic rings. The van der Waals surface area contributed by atoms with Crippen molar-refractivity contribution < 1.29 is 9.13 Å². The Labute approximate surface area is 120 Å². The molecule has 3 rings (SSSR count). The van der Waals surface area contributed by atoms with E-state index in [1.54, 1.807) is 12.1 Å². The van der Waals surface area contributed by atoms with E-state index in [1.165, 1.54) is 12.0 Å². The van der Waals surface area contributed by atoms with Crippen LogP contribution in [0, 0.1) is 24.1 Å². The number of ether oxygens (including phenoxy) is 1. The number of benzene rings is 1. The van der Waals surface area contributed by atoms with Gasteiger partial charge in [0.15, 0.2) is 0 Å². The minimum absolute atomic E-state index is 0.148. The molecule has 0 spiro atoms. The maximum absolute atomic E-state index is 13.1. The van der Waals surface area contributed by atoms with Crippen molar-refractivity contribution in [1.29, 1.82) is 0 Å². The molecule has 0 bridgehead atoms. The first kappa shape index (κ1) is 14.0. The first-order valence-electron chi connectivity index (χ1n) is 7.60. The average Bonchev–Trinajstić information content (AvgIpc) is 2.83. The third-order valence-corrected chi connectivity index (χ3v) is 5.16. The summed E-state index contributed by atoms with van der Waals surface area (Å²) in [7, 11) is 0. The van der Waals surface area contributed by atoms with Crippen LogP contribution in [-0.4, -0.2) is 25.3 Å². The highest BCUT2D eigenvalue weighted by Crippen LogP contribution is 2.51. The molecule has 3 unspecified atom stereocenters. The van der Waals surface area contributed by atoms with Crippen molar-refractivity contribution in [3.63, 3.8) is 0 Å². The number of halogens is 1. The SMILES string of the molecule is Cc1cc(F)ccc1CCNC1C2CCOC2C1(C)C. The monoisotopic (exact) mass is 277 g/mol. The Morgan fingerprint density at radius 3 is 2.95 bits per heavy atom. The molecule has 1 saturated heterocycles. The molecule has 110 valence electrons. The van der Waals surface area contributed by atoms with Crippen molar-refractivity contribution in [3.8, 4) is 0 Å². The van der Waals surface area contributed by atoms with E-state index in [0.29, 0.717) is 18.1 Å². The van der Waals surface area contributed by atoms with Crippen molar-refractivity contribution in [1.82, 2.24) is 5.32 Å². The molecule has 2 fully saturated rings. The Morgan fingerprint density at radius 1 is 1.40 bits per heavy atom. The van der Waals surface area contributed by atoms with Crippen LogP contribution in [0.25, 0.3) is 0 Å². The number of aryl methyl sites for hydroxylation is 1. The highest BCUT2D eigenvalue weighted by molar-refractivity contribution is 5.26. The lowest BCUT2D eigenvalue weighted by atomic mass is 9.57. The molecule has 1 aromatic carbocycles. The Balaban J connectivity index is 1.55. The third-order valence-electron chi connectivity index (χ3n) is 5.16. The standard InChI is InChI=1S/C17H24FNO/c1-11-10-13(18)5-4-12(11)6-8-19-15-14-7-9-20-16(14)17(15,2)3/h4-5,10,14-16,19H,6-9H2,1-3H3. The zero-order chi connectivity index (χ0) is 14.3. The van der Waals surface area contributed by atoms with Gasteiger partial charge in [-0.15, -0.1) is 0 Å². The summed E-state index contributed by atoms with van der Waals surface area (Å²) in [6, 6.07) is 5.62. The van der Waals surface area contributed by atoms with E-state index in [2.05, 4.69) is 19.2 Å². The zero-order valence-corrected chi connectivity index (χ0v) is 12.6. The highest BCUT2D eigenvalue weighted by Gasteiger charge is 2.58. The fourth-order valence-corrected chi connectivity index (χ4v) is 4.04. The molecule has 1 saturated carbocycles. The van der Waals surface area contributed by atoms with Crippen molar-refractivity contribution in [2.24, 2.45) is 11.3 Å². The van der Waals surface area contributed by atoms with Crippen LogP contribution in [0.4, 0.5) is 4.39 Å². The first-order chi connectivity index (χ1) is 9.50. The van der Waals surface area contributed by atoms with Crippen molar-refractivity contribution >= 4 is 0 Å². The summed E-state index contributed by atoms with van der Waals surface area (Å²) in [5, 5.41) is 3.70. The number of nitrogens with one attached hydrogen (secondary N) is 1. The lowest BCUT2D eigenvalue weighted by molar-refractivity contribution is -0.112. The van der Waals surface area contributed by atoms with Crippen LogP contribution in [-0.2, 0) is 11.2 Å². The summed E-state index contributed by atoms with van der Waals surface area (Å²) in [4.78, 5) is 0. The smallest absolute Gasteiger partial charge is 0.123 e. The van der Waals surface area contributed by atoms with E-state index in [9.17, 15) is 4.39 Å². The molecule has 1 heterocycles. The molecule has 2 nitrogen and oxygen atoms in total. The Kier molecular flexibility index (Phi) is 3.59. The molecule has 1 aliphatic heterocycles. The summed E-state index contributed by atoms with van der Waals surface area (Å²) in [6.07, 6.45) is 2.57. The van der Waals surface area contributed by atoms with Gasteiger partial charge in [0.25, 0.3) is 0 Å². The van der Waals surface area contributed by atoms with Crippen LogP contribution >= 0.6 is 0 Å². The lowest BCUT2D eigenvalue weighted by Crippen LogP contribution is -2.66. The lowest BCUT2D eigenvalue weighted by Gasteiger charge is -2.55. The Bertz CT molecular complexity index is 500. The molecule has 0 radical (unpaired) electrons. The van der Waals surface area contributed by atoms with Crippen LogP contribution in [0.1, 0.15) is 31.4 Å². The Morgan fingerprint density at radius 2 is 2.20 bits per heavy atom. The van der Waals surface area contributed by atoms with E-state index in [1.807, 2.05) is 13.0 Å². The summed E-state index contributed by atoms with van der Waals surface area (Å²) in [5.41, 5.74) is 2.51. The van der Waals surface area contributed by atoms with E-state index < -0.39 is 0 Å².